The van der Waals surface area contributed by atoms with Gasteiger partial charge in [0.05, 0.1) is 0 Å². The molecule has 2 saturated heterocycles. The van der Waals surface area contributed by atoms with E-state index < -0.39 is 0 Å². The fraction of sp³-hybridized carbons (Fsp3) is 0.600. The third-order valence-corrected chi connectivity index (χ3v) is 4.33. The maximum Gasteiger partial charge on any atom is 0.0233 e. The van der Waals surface area contributed by atoms with Crippen molar-refractivity contribution >= 4 is 12.4 Å². The number of rotatable bonds is 2. The number of likely N-dealkylation sites (tertiary alicyclic amines) is 1. The minimum Gasteiger partial charge on any atom is -0.316 e. The Labute approximate surface area is 116 Å². The molecule has 0 aromatic heterocycles. The molecule has 1 aromatic carbocycles. The number of piperidine rings is 1. The van der Waals surface area contributed by atoms with Crippen LogP contribution in [0.2, 0.25) is 0 Å². The zero-order valence-electron chi connectivity index (χ0n) is 10.9. The van der Waals surface area contributed by atoms with Gasteiger partial charge in [0.25, 0.3) is 0 Å². The van der Waals surface area contributed by atoms with Gasteiger partial charge in [0.1, 0.15) is 0 Å². The highest BCUT2D eigenvalue weighted by Gasteiger charge is 2.38. The van der Waals surface area contributed by atoms with Crippen LogP contribution in [0.25, 0.3) is 0 Å². The van der Waals surface area contributed by atoms with Crippen LogP contribution in [0.15, 0.2) is 30.3 Å². The molecule has 2 aliphatic rings. The molecule has 2 fully saturated rings. The third kappa shape index (κ3) is 3.05. The first-order chi connectivity index (χ1) is 8.36. The topological polar surface area (TPSA) is 15.3 Å². The molecule has 1 atom stereocenters. The summed E-state index contributed by atoms with van der Waals surface area (Å²) < 4.78 is 0. The summed E-state index contributed by atoms with van der Waals surface area (Å²) in [5, 5.41) is 3.58. The van der Waals surface area contributed by atoms with Crippen molar-refractivity contribution in [2.24, 2.45) is 5.41 Å². The minimum atomic E-state index is 0. The van der Waals surface area contributed by atoms with Crippen LogP contribution in [0.1, 0.15) is 24.8 Å². The number of halogens is 1. The Bertz CT molecular complexity index is 360. The molecule has 2 nitrogen and oxygen atoms in total. The lowest BCUT2D eigenvalue weighted by molar-refractivity contribution is 0.199. The van der Waals surface area contributed by atoms with Crippen LogP contribution in [0, 0.1) is 5.41 Å². The van der Waals surface area contributed by atoms with E-state index in [-0.39, 0.29) is 12.4 Å². The standard InChI is InChI=1S/C15H22N2.ClH/c1-2-5-14(6-3-1)11-17-10-8-15(13-17)7-4-9-16-12-15;/h1-3,5-6,16H,4,7-13H2;1H. The van der Waals surface area contributed by atoms with Gasteiger partial charge in [0.15, 0.2) is 0 Å². The van der Waals surface area contributed by atoms with E-state index >= 15 is 0 Å². The summed E-state index contributed by atoms with van der Waals surface area (Å²) in [7, 11) is 0. The molecule has 1 aromatic rings. The molecule has 1 unspecified atom stereocenters. The van der Waals surface area contributed by atoms with Crippen molar-refractivity contribution in [2.75, 3.05) is 26.2 Å². The van der Waals surface area contributed by atoms with Crippen molar-refractivity contribution in [1.29, 1.82) is 0 Å². The lowest BCUT2D eigenvalue weighted by Gasteiger charge is -2.34. The van der Waals surface area contributed by atoms with Crippen LogP contribution in [0.4, 0.5) is 0 Å². The van der Waals surface area contributed by atoms with Crippen molar-refractivity contribution in [3.63, 3.8) is 0 Å². The van der Waals surface area contributed by atoms with Gasteiger partial charge in [-0.3, -0.25) is 4.90 Å². The van der Waals surface area contributed by atoms with Gasteiger partial charge in [0.2, 0.25) is 0 Å². The Morgan fingerprint density at radius 1 is 1.17 bits per heavy atom. The predicted octanol–water partition coefficient (Wildman–Crippen LogP) is 2.68. The predicted molar refractivity (Wildman–Crippen MR) is 78.1 cm³/mol. The Kier molecular flexibility index (Phi) is 4.66. The zero-order valence-corrected chi connectivity index (χ0v) is 11.7. The van der Waals surface area contributed by atoms with E-state index in [1.807, 2.05) is 0 Å². The molecule has 1 spiro atoms. The molecule has 2 heterocycles. The van der Waals surface area contributed by atoms with Crippen LogP contribution >= 0.6 is 12.4 Å². The van der Waals surface area contributed by atoms with Crippen molar-refractivity contribution in [1.82, 2.24) is 10.2 Å². The molecular weight excluding hydrogens is 244 g/mol. The molecule has 3 heteroatoms. The molecule has 1 N–H and O–H groups in total. The third-order valence-electron chi connectivity index (χ3n) is 4.33. The number of benzene rings is 1. The monoisotopic (exact) mass is 266 g/mol. The van der Waals surface area contributed by atoms with Gasteiger partial charge in [-0.15, -0.1) is 12.4 Å². The molecule has 100 valence electrons. The molecule has 0 aliphatic carbocycles. The minimum absolute atomic E-state index is 0. The van der Waals surface area contributed by atoms with Gasteiger partial charge in [-0.1, -0.05) is 30.3 Å². The second-order valence-corrected chi connectivity index (χ2v) is 5.73. The average Bonchev–Trinajstić information content (AvgIpc) is 2.74. The van der Waals surface area contributed by atoms with E-state index in [1.165, 1.54) is 51.0 Å². The summed E-state index contributed by atoms with van der Waals surface area (Å²) in [5.41, 5.74) is 2.04. The molecule has 18 heavy (non-hydrogen) atoms. The molecular formula is C15H23ClN2. The highest BCUT2D eigenvalue weighted by atomic mass is 35.5. The second kappa shape index (κ2) is 6.05. The van der Waals surface area contributed by atoms with Crippen molar-refractivity contribution in [3.8, 4) is 0 Å². The van der Waals surface area contributed by atoms with Crippen molar-refractivity contribution in [2.45, 2.75) is 25.8 Å². The molecule has 2 aliphatic heterocycles. The van der Waals surface area contributed by atoms with Crippen LogP contribution in [-0.2, 0) is 6.54 Å². The van der Waals surface area contributed by atoms with Crippen LogP contribution in [-0.4, -0.2) is 31.1 Å². The van der Waals surface area contributed by atoms with Gasteiger partial charge in [0, 0.05) is 19.6 Å². The Balaban J connectivity index is 0.00000120. The smallest absolute Gasteiger partial charge is 0.0233 e. The SMILES string of the molecule is Cl.c1ccc(CN2CCC3(CCCNC3)C2)cc1. The average molecular weight is 267 g/mol. The Hall–Kier alpha value is -0.570. The molecule has 0 bridgehead atoms. The normalized spacial score (nSPS) is 28.2. The summed E-state index contributed by atoms with van der Waals surface area (Å²) in [4.78, 5) is 2.63. The summed E-state index contributed by atoms with van der Waals surface area (Å²) in [6.45, 7) is 6.15. The number of nitrogens with one attached hydrogen (secondary N) is 1. The van der Waals surface area contributed by atoms with Gasteiger partial charge >= 0.3 is 0 Å². The lowest BCUT2D eigenvalue weighted by atomic mass is 9.80. The van der Waals surface area contributed by atoms with Crippen molar-refractivity contribution < 1.29 is 0 Å². The maximum atomic E-state index is 3.58. The second-order valence-electron chi connectivity index (χ2n) is 5.73. The van der Waals surface area contributed by atoms with E-state index in [1.54, 1.807) is 0 Å². The highest BCUT2D eigenvalue weighted by Crippen LogP contribution is 2.36. The fourth-order valence-corrected chi connectivity index (χ4v) is 3.38. The van der Waals surface area contributed by atoms with Gasteiger partial charge < -0.3 is 5.32 Å². The summed E-state index contributed by atoms with van der Waals surface area (Å²) in [5.74, 6) is 0. The van der Waals surface area contributed by atoms with Crippen LogP contribution < -0.4 is 5.32 Å². The summed E-state index contributed by atoms with van der Waals surface area (Å²) in [6.07, 6.45) is 4.16. The van der Waals surface area contributed by atoms with Gasteiger partial charge in [-0.05, 0) is 43.3 Å². The highest BCUT2D eigenvalue weighted by molar-refractivity contribution is 5.85. The van der Waals surface area contributed by atoms with Gasteiger partial charge in [-0.25, -0.2) is 0 Å². The lowest BCUT2D eigenvalue weighted by Crippen LogP contribution is -2.41. The number of hydrogen-bond donors (Lipinski definition) is 1. The Morgan fingerprint density at radius 3 is 2.72 bits per heavy atom. The first-order valence-electron chi connectivity index (χ1n) is 6.83. The Morgan fingerprint density at radius 2 is 2.00 bits per heavy atom. The van der Waals surface area contributed by atoms with Crippen LogP contribution in [0.5, 0.6) is 0 Å². The fourth-order valence-electron chi connectivity index (χ4n) is 3.38. The molecule has 3 rings (SSSR count). The first-order valence-corrected chi connectivity index (χ1v) is 6.83. The number of nitrogens with zero attached hydrogens (tertiary/aromatic N) is 1. The molecule has 0 radical (unpaired) electrons. The summed E-state index contributed by atoms with van der Waals surface area (Å²) in [6, 6.07) is 10.9. The number of hydrogen-bond acceptors (Lipinski definition) is 2. The van der Waals surface area contributed by atoms with E-state index in [0.29, 0.717) is 5.41 Å². The quantitative estimate of drug-likeness (QED) is 0.886. The molecule has 0 saturated carbocycles. The van der Waals surface area contributed by atoms with Crippen molar-refractivity contribution in [3.05, 3.63) is 35.9 Å². The first kappa shape index (κ1) is 13.9. The molecule has 0 amide bonds. The van der Waals surface area contributed by atoms with E-state index in [2.05, 4.69) is 40.5 Å². The van der Waals surface area contributed by atoms with E-state index in [9.17, 15) is 0 Å². The zero-order chi connectivity index (χ0) is 11.6. The van der Waals surface area contributed by atoms with E-state index in [0.717, 1.165) is 6.54 Å². The van der Waals surface area contributed by atoms with Gasteiger partial charge in [-0.2, -0.15) is 0 Å². The largest absolute Gasteiger partial charge is 0.316 e. The maximum absolute atomic E-state index is 3.58. The summed E-state index contributed by atoms with van der Waals surface area (Å²) >= 11 is 0. The van der Waals surface area contributed by atoms with E-state index in [4.69, 9.17) is 0 Å². The van der Waals surface area contributed by atoms with Crippen LogP contribution in [0.3, 0.4) is 0 Å².